The van der Waals surface area contributed by atoms with Crippen LogP contribution in [0.15, 0.2) is 51.9 Å². The number of nitrogens with zero attached hydrogens (tertiary/aromatic N) is 1. The molecule has 11 heteroatoms. The van der Waals surface area contributed by atoms with E-state index in [2.05, 4.69) is 13.8 Å². The molecule has 0 radical (unpaired) electrons. The zero-order valence-corrected chi connectivity index (χ0v) is 25.2. The number of carbonyl (C=O) groups excluding carboxylic acids is 2. The zero-order chi connectivity index (χ0) is 31.4. The molecular weight excluding hydrogens is 570 g/mol. The number of hydrogen-bond acceptors (Lipinski definition) is 10. The maximum Gasteiger partial charge on any atom is 0.514 e. The molecule has 1 unspecified atom stereocenters. The van der Waals surface area contributed by atoms with E-state index >= 15 is 0 Å². The van der Waals surface area contributed by atoms with E-state index in [-0.39, 0.29) is 40.7 Å². The molecule has 0 aliphatic heterocycles. The van der Waals surface area contributed by atoms with E-state index in [1.807, 2.05) is 0 Å². The third-order valence-electron chi connectivity index (χ3n) is 11.7. The number of aliphatic hydroxyl groups is 1. The quantitative estimate of drug-likeness (QED) is 0.187. The number of fused-ring (bicyclic) bond motifs is 5. The highest BCUT2D eigenvalue weighted by atomic mass is 16.7. The van der Waals surface area contributed by atoms with E-state index in [0.29, 0.717) is 25.2 Å². The van der Waals surface area contributed by atoms with Gasteiger partial charge in [0.15, 0.2) is 0 Å². The van der Waals surface area contributed by atoms with Gasteiger partial charge in [-0.2, -0.15) is 0 Å². The van der Waals surface area contributed by atoms with Gasteiger partial charge < -0.3 is 23.7 Å². The summed E-state index contributed by atoms with van der Waals surface area (Å²) < 4.78 is 22.0. The molecule has 0 saturated heterocycles. The fourth-order valence-corrected chi connectivity index (χ4v) is 9.65. The molecular formula is C33H39NO10. The predicted molar refractivity (Wildman–Crippen MR) is 156 cm³/mol. The Kier molecular flexibility index (Phi) is 7.58. The minimum atomic E-state index is -1.08. The molecule has 9 atom stereocenters. The van der Waals surface area contributed by atoms with Crippen LogP contribution in [0.2, 0.25) is 0 Å². The fraction of sp³-hybridized carbons (Fsp3) is 0.606. The Hall–Kier alpha value is -3.73. The molecule has 6 rings (SSSR count). The highest BCUT2D eigenvalue weighted by Gasteiger charge is 2.70. The molecule has 236 valence electrons. The normalized spacial score (nSPS) is 37.5. The van der Waals surface area contributed by atoms with Crippen LogP contribution in [0, 0.1) is 38.7 Å². The number of non-ortho nitro benzene ring substituents is 1. The summed E-state index contributed by atoms with van der Waals surface area (Å²) in [6.07, 6.45) is 5.63. The molecule has 1 aromatic carbocycles. The molecule has 1 N–H and O–H groups in total. The Balaban J connectivity index is 1.17. The van der Waals surface area contributed by atoms with Gasteiger partial charge in [0.2, 0.25) is 0 Å². The molecule has 4 aliphatic carbocycles. The third-order valence-corrected chi connectivity index (χ3v) is 11.7. The average molecular weight is 610 g/mol. The lowest BCUT2D eigenvalue weighted by Gasteiger charge is -2.63. The summed E-state index contributed by atoms with van der Waals surface area (Å²) in [5.74, 6) is 0.0231. The fourth-order valence-electron chi connectivity index (χ4n) is 9.65. The average Bonchev–Trinajstić information content (AvgIpc) is 3.19. The van der Waals surface area contributed by atoms with Crippen molar-refractivity contribution in [1.29, 1.82) is 0 Å². The second kappa shape index (κ2) is 11.0. The largest absolute Gasteiger partial charge is 0.514 e. The van der Waals surface area contributed by atoms with E-state index in [1.165, 1.54) is 43.5 Å². The summed E-state index contributed by atoms with van der Waals surface area (Å²) in [6.45, 7) is 5.79. The standard InChI is InChI=1S/C33H39NO10/c1-19(35)42-27-17-33(38)26-10-5-21-16-24(44-30(37)43-23-8-6-22(7-9-23)34(39)40)12-14-31(21,2)25(26)13-15-32(33,3)29(27)20-4-11-28(36)41-18-20/h4,6-9,11,18,21,24-27,29,38H,5,10,12-17H2,1-3H3/t21-,24+,25?,26-,27+,29+,31+,32-,33+/m1/s1. The van der Waals surface area contributed by atoms with Crippen LogP contribution < -0.4 is 10.4 Å². The first-order chi connectivity index (χ1) is 20.8. The number of esters is 1. The van der Waals surface area contributed by atoms with E-state index in [1.54, 1.807) is 6.07 Å². The first kappa shape index (κ1) is 30.3. The monoisotopic (exact) mass is 609 g/mol. The van der Waals surface area contributed by atoms with E-state index in [0.717, 1.165) is 37.7 Å². The van der Waals surface area contributed by atoms with Crippen molar-refractivity contribution in [3.63, 3.8) is 0 Å². The van der Waals surface area contributed by atoms with Crippen LogP contribution in [0.4, 0.5) is 10.5 Å². The highest BCUT2D eigenvalue weighted by molar-refractivity contribution is 5.66. The minimum absolute atomic E-state index is 0.00542. The smallest absolute Gasteiger partial charge is 0.462 e. The van der Waals surface area contributed by atoms with Crippen molar-refractivity contribution >= 4 is 17.8 Å². The van der Waals surface area contributed by atoms with E-state index in [4.69, 9.17) is 18.6 Å². The van der Waals surface area contributed by atoms with Gasteiger partial charge in [-0.15, -0.1) is 0 Å². The van der Waals surface area contributed by atoms with Crippen LogP contribution in [0.3, 0.4) is 0 Å². The second-order valence-corrected chi connectivity index (χ2v) is 13.7. The van der Waals surface area contributed by atoms with Crippen LogP contribution in [0.1, 0.15) is 83.6 Å². The second-order valence-electron chi connectivity index (χ2n) is 13.7. The molecule has 0 bridgehead atoms. The lowest BCUT2D eigenvalue weighted by molar-refractivity contribution is -0.384. The summed E-state index contributed by atoms with van der Waals surface area (Å²) in [5.41, 5.74) is -1.51. The SMILES string of the molecule is CC(=O)O[C@H]1C[C@]2(O)[C@@H]3CC[C@@H]4C[C@@H](OC(=O)Oc5ccc([N+](=O)[O-])cc5)CC[C@]4(C)C3CC[C@]2(C)[C@H]1c1ccc(=O)oc1. The summed E-state index contributed by atoms with van der Waals surface area (Å²) in [7, 11) is 0. The molecule has 4 aliphatic rings. The van der Waals surface area contributed by atoms with Crippen LogP contribution in [0.25, 0.3) is 0 Å². The molecule has 0 amide bonds. The van der Waals surface area contributed by atoms with Crippen molar-refractivity contribution in [3.05, 3.63) is 68.8 Å². The van der Waals surface area contributed by atoms with Crippen LogP contribution >= 0.6 is 0 Å². The molecule has 4 fully saturated rings. The molecule has 1 aromatic heterocycles. The van der Waals surface area contributed by atoms with Gasteiger partial charge in [-0.25, -0.2) is 9.59 Å². The van der Waals surface area contributed by atoms with Crippen molar-refractivity contribution in [3.8, 4) is 5.75 Å². The Morgan fingerprint density at radius 3 is 2.41 bits per heavy atom. The number of nitro benzene ring substituents is 1. The summed E-state index contributed by atoms with van der Waals surface area (Å²) in [4.78, 5) is 46.8. The highest BCUT2D eigenvalue weighted by Crippen LogP contribution is 2.71. The first-order valence-electron chi connectivity index (χ1n) is 15.5. The van der Waals surface area contributed by atoms with Crippen molar-refractivity contribution in [2.75, 3.05) is 0 Å². The summed E-state index contributed by atoms with van der Waals surface area (Å²) >= 11 is 0. The van der Waals surface area contributed by atoms with Gasteiger partial charge in [0.05, 0.1) is 16.8 Å². The van der Waals surface area contributed by atoms with E-state index in [9.17, 15) is 29.6 Å². The Morgan fingerprint density at radius 2 is 1.75 bits per heavy atom. The van der Waals surface area contributed by atoms with E-state index < -0.39 is 39.8 Å². The number of hydrogen-bond donors (Lipinski definition) is 1. The number of ether oxygens (including phenoxy) is 3. The Bertz CT molecular complexity index is 1480. The minimum Gasteiger partial charge on any atom is -0.462 e. The van der Waals surface area contributed by atoms with Gasteiger partial charge in [0, 0.05) is 42.9 Å². The Morgan fingerprint density at radius 1 is 1.00 bits per heavy atom. The van der Waals surface area contributed by atoms with Crippen molar-refractivity contribution in [2.45, 2.75) is 95.9 Å². The third kappa shape index (κ3) is 4.98. The van der Waals surface area contributed by atoms with Crippen LogP contribution in [-0.4, -0.2) is 40.0 Å². The number of rotatable bonds is 5. The van der Waals surface area contributed by atoms with Gasteiger partial charge in [0.1, 0.15) is 18.0 Å². The van der Waals surface area contributed by atoms with Gasteiger partial charge in [-0.3, -0.25) is 14.9 Å². The Labute approximate surface area is 255 Å². The topological polar surface area (TPSA) is 155 Å². The van der Waals surface area contributed by atoms with Gasteiger partial charge >= 0.3 is 17.8 Å². The predicted octanol–water partition coefficient (Wildman–Crippen LogP) is 5.92. The number of carbonyl (C=O) groups is 2. The molecule has 2 aromatic rings. The molecule has 1 heterocycles. The van der Waals surface area contributed by atoms with Crippen molar-refractivity contribution < 1.29 is 38.2 Å². The maximum absolute atomic E-state index is 12.7. The summed E-state index contributed by atoms with van der Waals surface area (Å²) in [6, 6.07) is 8.38. The summed E-state index contributed by atoms with van der Waals surface area (Å²) in [5, 5.41) is 23.6. The number of nitro groups is 1. The van der Waals surface area contributed by atoms with Crippen LogP contribution in [0.5, 0.6) is 5.75 Å². The zero-order valence-electron chi connectivity index (χ0n) is 25.2. The first-order valence-corrected chi connectivity index (χ1v) is 15.5. The molecule has 0 spiro atoms. The molecule has 11 nitrogen and oxygen atoms in total. The molecule has 44 heavy (non-hydrogen) atoms. The van der Waals surface area contributed by atoms with Gasteiger partial charge in [-0.1, -0.05) is 13.8 Å². The lowest BCUT2D eigenvalue weighted by atomic mass is 9.43. The molecule has 4 saturated carbocycles. The van der Waals surface area contributed by atoms with Gasteiger partial charge in [0.25, 0.3) is 5.69 Å². The number of benzene rings is 1. The van der Waals surface area contributed by atoms with Crippen molar-refractivity contribution in [1.82, 2.24) is 0 Å². The van der Waals surface area contributed by atoms with Crippen LogP contribution in [-0.2, 0) is 14.3 Å². The van der Waals surface area contributed by atoms with Gasteiger partial charge in [-0.05, 0) is 91.9 Å². The lowest BCUT2D eigenvalue weighted by Crippen LogP contribution is -2.62. The maximum atomic E-state index is 12.7. The van der Waals surface area contributed by atoms with Crippen molar-refractivity contribution in [2.24, 2.45) is 28.6 Å².